The van der Waals surface area contributed by atoms with Crippen LogP contribution in [0.2, 0.25) is 0 Å². The van der Waals surface area contributed by atoms with E-state index in [1.807, 2.05) is 61.5 Å². The lowest BCUT2D eigenvalue weighted by Gasteiger charge is -2.10. The summed E-state index contributed by atoms with van der Waals surface area (Å²) < 4.78 is 22.3. The van der Waals surface area contributed by atoms with E-state index in [1.165, 1.54) is 0 Å². The molecule has 3 aromatic rings. The number of hydrogen-bond donors (Lipinski definition) is 0. The first kappa shape index (κ1) is 19.6. The molecule has 0 fully saturated rings. The van der Waals surface area contributed by atoms with E-state index in [0.717, 1.165) is 28.2 Å². The van der Waals surface area contributed by atoms with Crippen LogP contribution in [0.5, 0.6) is 23.0 Å². The number of aryl methyl sites for hydroxylation is 1. The first-order valence-electron chi connectivity index (χ1n) is 9.56. The third-order valence-electron chi connectivity index (χ3n) is 4.87. The minimum Gasteiger partial charge on any atom is -0.497 e. The van der Waals surface area contributed by atoms with E-state index in [-0.39, 0.29) is 11.5 Å². The van der Waals surface area contributed by atoms with E-state index >= 15 is 0 Å². The SMILES string of the molecule is COc1cccc(/C=C2\Oc3cc(OCc4cccc(OC)c4)cc(C)c3C2=O)c1. The minimum absolute atomic E-state index is 0.135. The number of carbonyl (C=O) groups is 1. The summed E-state index contributed by atoms with van der Waals surface area (Å²) in [5, 5.41) is 0. The fourth-order valence-electron chi connectivity index (χ4n) is 3.37. The van der Waals surface area contributed by atoms with Gasteiger partial charge in [-0.15, -0.1) is 0 Å². The smallest absolute Gasteiger partial charge is 0.232 e. The van der Waals surface area contributed by atoms with Gasteiger partial charge in [-0.25, -0.2) is 0 Å². The molecule has 0 radical (unpaired) electrons. The molecule has 1 aliphatic heterocycles. The Morgan fingerprint density at radius 3 is 2.40 bits per heavy atom. The summed E-state index contributed by atoms with van der Waals surface area (Å²) in [5.74, 6) is 2.80. The second-order valence-electron chi connectivity index (χ2n) is 6.97. The van der Waals surface area contributed by atoms with Gasteiger partial charge in [0.2, 0.25) is 5.78 Å². The van der Waals surface area contributed by atoms with Crippen LogP contribution in [0.15, 0.2) is 66.4 Å². The molecule has 0 bridgehead atoms. The maximum absolute atomic E-state index is 12.9. The molecule has 0 amide bonds. The Bertz CT molecular complexity index is 1130. The first-order chi connectivity index (χ1) is 14.6. The summed E-state index contributed by atoms with van der Waals surface area (Å²) in [6.45, 7) is 2.27. The molecule has 0 unspecified atom stereocenters. The van der Waals surface area contributed by atoms with Crippen LogP contribution in [-0.2, 0) is 6.61 Å². The summed E-state index contributed by atoms with van der Waals surface area (Å²) in [7, 11) is 3.24. The second-order valence-corrected chi connectivity index (χ2v) is 6.97. The van der Waals surface area contributed by atoms with Crippen LogP contribution in [-0.4, -0.2) is 20.0 Å². The zero-order valence-electron chi connectivity index (χ0n) is 17.1. The molecular formula is C25H22O5. The van der Waals surface area contributed by atoms with Crippen molar-refractivity contribution in [1.82, 2.24) is 0 Å². The monoisotopic (exact) mass is 402 g/mol. The predicted octanol–water partition coefficient (Wildman–Crippen LogP) is 5.21. The van der Waals surface area contributed by atoms with Crippen molar-refractivity contribution in [3.05, 3.63) is 88.7 Å². The first-order valence-corrected chi connectivity index (χ1v) is 9.56. The molecule has 0 spiro atoms. The largest absolute Gasteiger partial charge is 0.497 e. The number of ketones is 1. The molecule has 1 heterocycles. The summed E-state index contributed by atoms with van der Waals surface area (Å²) in [5.41, 5.74) is 3.20. The number of hydrogen-bond acceptors (Lipinski definition) is 5. The number of rotatable bonds is 6. The summed E-state index contributed by atoms with van der Waals surface area (Å²) in [4.78, 5) is 12.9. The van der Waals surface area contributed by atoms with Crippen molar-refractivity contribution in [3.8, 4) is 23.0 Å². The van der Waals surface area contributed by atoms with Crippen LogP contribution >= 0.6 is 0 Å². The molecule has 30 heavy (non-hydrogen) atoms. The van der Waals surface area contributed by atoms with E-state index < -0.39 is 0 Å². The van der Waals surface area contributed by atoms with Gasteiger partial charge in [0.25, 0.3) is 0 Å². The third kappa shape index (κ3) is 4.01. The zero-order valence-corrected chi connectivity index (χ0v) is 17.1. The fourth-order valence-corrected chi connectivity index (χ4v) is 3.37. The number of Topliss-reactive ketones (excluding diaryl/α,β-unsaturated/α-hetero) is 1. The van der Waals surface area contributed by atoms with Gasteiger partial charge in [-0.2, -0.15) is 0 Å². The number of benzene rings is 3. The average molecular weight is 402 g/mol. The highest BCUT2D eigenvalue weighted by atomic mass is 16.5. The number of carbonyl (C=O) groups excluding carboxylic acids is 1. The minimum atomic E-state index is -0.135. The maximum atomic E-state index is 12.9. The second kappa shape index (κ2) is 8.33. The molecule has 4 rings (SSSR count). The van der Waals surface area contributed by atoms with Crippen LogP contribution in [0.4, 0.5) is 0 Å². The Hall–Kier alpha value is -3.73. The molecule has 0 saturated carbocycles. The van der Waals surface area contributed by atoms with Gasteiger partial charge in [0.15, 0.2) is 5.76 Å². The Balaban J connectivity index is 1.55. The quantitative estimate of drug-likeness (QED) is 0.530. The van der Waals surface area contributed by atoms with Gasteiger partial charge < -0.3 is 18.9 Å². The van der Waals surface area contributed by atoms with Gasteiger partial charge in [-0.1, -0.05) is 24.3 Å². The van der Waals surface area contributed by atoms with E-state index in [9.17, 15) is 4.79 Å². The van der Waals surface area contributed by atoms with Crippen LogP contribution < -0.4 is 18.9 Å². The molecule has 0 N–H and O–H groups in total. The Morgan fingerprint density at radius 1 is 0.900 bits per heavy atom. The molecule has 0 saturated heterocycles. The lowest BCUT2D eigenvalue weighted by molar-refractivity contribution is 0.101. The van der Waals surface area contributed by atoms with Crippen LogP contribution in [0, 0.1) is 6.92 Å². The summed E-state index contributed by atoms with van der Waals surface area (Å²) in [6.07, 6.45) is 1.72. The van der Waals surface area contributed by atoms with E-state index in [4.69, 9.17) is 18.9 Å². The maximum Gasteiger partial charge on any atom is 0.232 e. The van der Waals surface area contributed by atoms with Crippen LogP contribution in [0.25, 0.3) is 6.08 Å². The average Bonchev–Trinajstić information content (AvgIpc) is 3.08. The Morgan fingerprint density at radius 2 is 1.63 bits per heavy atom. The summed E-state index contributed by atoms with van der Waals surface area (Å²) >= 11 is 0. The van der Waals surface area contributed by atoms with E-state index in [1.54, 1.807) is 26.4 Å². The Labute approximate surface area is 175 Å². The summed E-state index contributed by atoms with van der Waals surface area (Å²) in [6, 6.07) is 18.8. The van der Waals surface area contributed by atoms with Crippen molar-refractivity contribution in [3.63, 3.8) is 0 Å². The standard InChI is InChI=1S/C25H22O5/c1-16-10-21(29-15-18-7-5-9-20(12-18)28-3)14-22-24(16)25(26)23(30-22)13-17-6-4-8-19(11-17)27-2/h4-14H,15H2,1-3H3/b23-13-. The molecular weight excluding hydrogens is 380 g/mol. The molecule has 3 aromatic carbocycles. The third-order valence-corrected chi connectivity index (χ3v) is 4.87. The Kier molecular flexibility index (Phi) is 5.44. The van der Waals surface area contributed by atoms with Crippen molar-refractivity contribution in [2.45, 2.75) is 13.5 Å². The van der Waals surface area contributed by atoms with Gasteiger partial charge in [0.1, 0.15) is 29.6 Å². The number of allylic oxidation sites excluding steroid dienone is 1. The van der Waals surface area contributed by atoms with Crippen LogP contribution in [0.1, 0.15) is 27.0 Å². The fraction of sp³-hybridized carbons (Fsp3) is 0.160. The molecule has 0 aliphatic carbocycles. The normalized spacial score (nSPS) is 13.7. The van der Waals surface area contributed by atoms with Gasteiger partial charge in [-0.05, 0) is 60.0 Å². The van der Waals surface area contributed by atoms with Gasteiger partial charge in [0, 0.05) is 6.07 Å². The number of ether oxygens (including phenoxy) is 4. The van der Waals surface area contributed by atoms with Crippen molar-refractivity contribution in [2.75, 3.05) is 14.2 Å². The lowest BCUT2D eigenvalue weighted by atomic mass is 10.0. The molecule has 5 nitrogen and oxygen atoms in total. The number of fused-ring (bicyclic) bond motifs is 1. The van der Waals surface area contributed by atoms with Crippen molar-refractivity contribution >= 4 is 11.9 Å². The van der Waals surface area contributed by atoms with Crippen molar-refractivity contribution in [1.29, 1.82) is 0 Å². The lowest BCUT2D eigenvalue weighted by Crippen LogP contribution is -2.00. The number of methoxy groups -OCH3 is 2. The highest BCUT2D eigenvalue weighted by Gasteiger charge is 2.30. The predicted molar refractivity (Wildman–Crippen MR) is 114 cm³/mol. The molecule has 1 aliphatic rings. The molecule has 152 valence electrons. The topological polar surface area (TPSA) is 54.0 Å². The van der Waals surface area contributed by atoms with E-state index in [2.05, 4.69) is 0 Å². The highest BCUT2D eigenvalue weighted by molar-refractivity contribution is 6.15. The van der Waals surface area contributed by atoms with Gasteiger partial charge in [0.05, 0.1) is 19.8 Å². The van der Waals surface area contributed by atoms with Crippen molar-refractivity contribution in [2.24, 2.45) is 0 Å². The molecule has 0 atom stereocenters. The molecule has 0 aromatic heterocycles. The molecule has 5 heteroatoms. The van der Waals surface area contributed by atoms with Gasteiger partial charge >= 0.3 is 0 Å². The highest BCUT2D eigenvalue weighted by Crippen LogP contribution is 2.38. The van der Waals surface area contributed by atoms with Crippen LogP contribution in [0.3, 0.4) is 0 Å². The van der Waals surface area contributed by atoms with Gasteiger partial charge in [-0.3, -0.25) is 4.79 Å². The zero-order chi connectivity index (χ0) is 21.1. The van der Waals surface area contributed by atoms with E-state index in [0.29, 0.717) is 23.7 Å². The van der Waals surface area contributed by atoms with Crippen molar-refractivity contribution < 1.29 is 23.7 Å².